The zero-order chi connectivity index (χ0) is 21.5. The van der Waals surface area contributed by atoms with Crippen molar-refractivity contribution in [3.05, 3.63) is 41.6 Å². The standard InChI is InChI=1S/C19H23N7O2S2/c1-4-5-8-25-16-7-6-14(30(20,27)28)10-15(16)22-18(25)11-29-19-24-23-17-9-12(2)21-13(3)26(17)19/h6-7,9-10H,4-5,8,11H2,1-3H3,(H2,20,27,28). The van der Waals surface area contributed by atoms with Crippen LogP contribution in [0.5, 0.6) is 0 Å². The molecule has 3 heterocycles. The summed E-state index contributed by atoms with van der Waals surface area (Å²) in [5.74, 6) is 2.25. The van der Waals surface area contributed by atoms with E-state index in [4.69, 9.17) is 10.1 Å². The topological polar surface area (TPSA) is 121 Å². The Labute approximate surface area is 178 Å². The average Bonchev–Trinajstić information content (AvgIpc) is 3.24. The third kappa shape index (κ3) is 3.92. The smallest absolute Gasteiger partial charge is 0.238 e. The first-order chi connectivity index (χ1) is 14.3. The van der Waals surface area contributed by atoms with Gasteiger partial charge in [-0.25, -0.2) is 23.5 Å². The van der Waals surface area contributed by atoms with Crippen molar-refractivity contribution in [1.29, 1.82) is 0 Å². The van der Waals surface area contributed by atoms with Crippen molar-refractivity contribution in [2.24, 2.45) is 5.14 Å². The van der Waals surface area contributed by atoms with Gasteiger partial charge in [-0.3, -0.25) is 4.40 Å². The van der Waals surface area contributed by atoms with Crippen LogP contribution >= 0.6 is 11.8 Å². The summed E-state index contributed by atoms with van der Waals surface area (Å²) in [6.45, 7) is 6.80. The molecule has 158 valence electrons. The minimum absolute atomic E-state index is 0.0647. The first-order valence-corrected chi connectivity index (χ1v) is 12.1. The molecule has 0 saturated carbocycles. The second-order valence-electron chi connectivity index (χ2n) is 7.14. The maximum atomic E-state index is 11.7. The Morgan fingerprint density at radius 3 is 2.67 bits per heavy atom. The Morgan fingerprint density at radius 2 is 1.93 bits per heavy atom. The van der Waals surface area contributed by atoms with Crippen molar-refractivity contribution in [2.45, 2.75) is 56.0 Å². The number of hydrogen-bond donors (Lipinski definition) is 1. The highest BCUT2D eigenvalue weighted by molar-refractivity contribution is 7.98. The number of nitrogens with two attached hydrogens (primary N) is 1. The van der Waals surface area contributed by atoms with Gasteiger partial charge in [0, 0.05) is 18.3 Å². The van der Waals surface area contributed by atoms with Crippen LogP contribution in [0.15, 0.2) is 34.3 Å². The third-order valence-corrected chi connectivity index (χ3v) is 6.69. The molecule has 0 bridgehead atoms. The van der Waals surface area contributed by atoms with E-state index >= 15 is 0 Å². The summed E-state index contributed by atoms with van der Waals surface area (Å²) in [5, 5.41) is 14.6. The summed E-state index contributed by atoms with van der Waals surface area (Å²) in [7, 11) is -3.78. The molecule has 4 aromatic rings. The largest absolute Gasteiger partial charge is 0.327 e. The highest BCUT2D eigenvalue weighted by Gasteiger charge is 2.17. The van der Waals surface area contributed by atoms with Gasteiger partial charge in [0.05, 0.1) is 21.7 Å². The van der Waals surface area contributed by atoms with E-state index in [1.807, 2.05) is 24.3 Å². The number of thioether (sulfide) groups is 1. The fraction of sp³-hybridized carbons (Fsp3) is 0.368. The highest BCUT2D eigenvalue weighted by atomic mass is 32.2. The van der Waals surface area contributed by atoms with Gasteiger partial charge in [-0.2, -0.15) is 0 Å². The lowest BCUT2D eigenvalue weighted by Gasteiger charge is -2.08. The van der Waals surface area contributed by atoms with Gasteiger partial charge in [0.2, 0.25) is 10.0 Å². The van der Waals surface area contributed by atoms with Gasteiger partial charge in [0.15, 0.2) is 10.8 Å². The molecule has 0 fully saturated rings. The van der Waals surface area contributed by atoms with Gasteiger partial charge in [0.25, 0.3) is 0 Å². The molecule has 1 aromatic carbocycles. The number of rotatable bonds is 7. The number of aromatic nitrogens is 6. The minimum atomic E-state index is -3.78. The average molecular weight is 446 g/mol. The van der Waals surface area contributed by atoms with Crippen LogP contribution in [0, 0.1) is 13.8 Å². The molecule has 0 aliphatic carbocycles. The summed E-state index contributed by atoms with van der Waals surface area (Å²) in [6, 6.07) is 6.73. The Balaban J connectivity index is 1.71. The fourth-order valence-electron chi connectivity index (χ4n) is 3.44. The molecule has 0 radical (unpaired) electrons. The number of benzene rings is 1. The van der Waals surface area contributed by atoms with Gasteiger partial charge < -0.3 is 4.57 Å². The normalized spacial score (nSPS) is 12.3. The van der Waals surface area contributed by atoms with E-state index in [-0.39, 0.29) is 4.90 Å². The Morgan fingerprint density at radius 1 is 1.13 bits per heavy atom. The van der Waals surface area contributed by atoms with Crippen molar-refractivity contribution in [2.75, 3.05) is 0 Å². The minimum Gasteiger partial charge on any atom is -0.327 e. The van der Waals surface area contributed by atoms with Crippen LogP contribution in [-0.2, 0) is 22.3 Å². The van der Waals surface area contributed by atoms with Crippen LogP contribution in [0.1, 0.15) is 37.1 Å². The number of nitrogens with zero attached hydrogens (tertiary/aromatic N) is 6. The second kappa shape index (κ2) is 7.97. The van der Waals surface area contributed by atoms with E-state index in [0.717, 1.165) is 53.0 Å². The molecule has 0 unspecified atom stereocenters. The van der Waals surface area contributed by atoms with Crippen LogP contribution in [0.25, 0.3) is 16.7 Å². The molecule has 0 spiro atoms. The number of aryl methyl sites for hydroxylation is 3. The summed E-state index contributed by atoms with van der Waals surface area (Å²) in [4.78, 5) is 9.26. The monoisotopic (exact) mass is 445 g/mol. The zero-order valence-electron chi connectivity index (χ0n) is 17.0. The molecule has 0 aliphatic heterocycles. The van der Waals surface area contributed by atoms with Crippen LogP contribution in [0.4, 0.5) is 0 Å². The molecular formula is C19H23N7O2S2. The number of primary sulfonamides is 1. The molecule has 2 N–H and O–H groups in total. The Hall–Kier alpha value is -2.50. The molecular weight excluding hydrogens is 422 g/mol. The quantitative estimate of drug-likeness (QED) is 0.434. The third-order valence-electron chi connectivity index (χ3n) is 4.85. The molecule has 0 aliphatic rings. The van der Waals surface area contributed by atoms with Gasteiger partial charge in [-0.1, -0.05) is 25.1 Å². The van der Waals surface area contributed by atoms with Crippen LogP contribution in [-0.4, -0.2) is 37.6 Å². The van der Waals surface area contributed by atoms with E-state index in [9.17, 15) is 8.42 Å². The summed E-state index contributed by atoms with van der Waals surface area (Å²) in [6.07, 6.45) is 2.04. The summed E-state index contributed by atoms with van der Waals surface area (Å²) < 4.78 is 27.5. The first-order valence-electron chi connectivity index (χ1n) is 9.62. The maximum Gasteiger partial charge on any atom is 0.238 e. The van der Waals surface area contributed by atoms with Crippen molar-refractivity contribution in [1.82, 2.24) is 29.1 Å². The van der Waals surface area contributed by atoms with Gasteiger partial charge in [-0.15, -0.1) is 10.2 Å². The van der Waals surface area contributed by atoms with Crippen LogP contribution < -0.4 is 5.14 Å². The predicted octanol–water partition coefficient (Wildman–Crippen LogP) is 2.83. The SMILES string of the molecule is CCCCn1c(CSc2nnc3cc(C)nc(C)n23)nc2cc(S(N)(=O)=O)ccc21. The molecule has 30 heavy (non-hydrogen) atoms. The summed E-state index contributed by atoms with van der Waals surface area (Å²) in [5.41, 5.74) is 3.18. The first kappa shape index (κ1) is 20.8. The lowest BCUT2D eigenvalue weighted by Crippen LogP contribution is -2.11. The zero-order valence-corrected chi connectivity index (χ0v) is 18.7. The van der Waals surface area contributed by atoms with E-state index in [0.29, 0.717) is 11.3 Å². The highest BCUT2D eigenvalue weighted by Crippen LogP contribution is 2.26. The van der Waals surface area contributed by atoms with Crippen molar-refractivity contribution < 1.29 is 8.42 Å². The maximum absolute atomic E-state index is 11.7. The van der Waals surface area contributed by atoms with E-state index in [2.05, 4.69) is 26.7 Å². The fourth-order valence-corrected chi connectivity index (χ4v) is 4.90. The van der Waals surface area contributed by atoms with Gasteiger partial charge in [-0.05, 0) is 38.5 Å². The lowest BCUT2D eigenvalue weighted by atomic mass is 10.3. The number of hydrogen-bond acceptors (Lipinski definition) is 7. The molecule has 3 aromatic heterocycles. The Kier molecular flexibility index (Phi) is 5.51. The van der Waals surface area contributed by atoms with Gasteiger partial charge >= 0.3 is 0 Å². The number of unbranched alkanes of at least 4 members (excludes halogenated alkanes) is 1. The molecule has 4 rings (SSSR count). The van der Waals surface area contributed by atoms with Crippen LogP contribution in [0.2, 0.25) is 0 Å². The van der Waals surface area contributed by atoms with E-state index in [1.54, 1.807) is 6.07 Å². The van der Waals surface area contributed by atoms with Crippen molar-refractivity contribution in [3.8, 4) is 0 Å². The van der Waals surface area contributed by atoms with E-state index < -0.39 is 10.0 Å². The van der Waals surface area contributed by atoms with Crippen molar-refractivity contribution >= 4 is 38.5 Å². The van der Waals surface area contributed by atoms with Gasteiger partial charge in [0.1, 0.15) is 11.6 Å². The summed E-state index contributed by atoms with van der Waals surface area (Å²) >= 11 is 1.53. The lowest BCUT2D eigenvalue weighted by molar-refractivity contribution is 0.598. The molecule has 0 saturated heterocycles. The number of imidazole rings is 1. The molecule has 0 atom stereocenters. The number of fused-ring (bicyclic) bond motifs is 2. The van der Waals surface area contributed by atoms with Crippen molar-refractivity contribution in [3.63, 3.8) is 0 Å². The molecule has 0 amide bonds. The second-order valence-corrected chi connectivity index (χ2v) is 9.64. The molecule has 11 heteroatoms. The predicted molar refractivity (Wildman–Crippen MR) is 116 cm³/mol. The van der Waals surface area contributed by atoms with Crippen LogP contribution in [0.3, 0.4) is 0 Å². The molecule has 9 nitrogen and oxygen atoms in total. The number of sulfonamides is 1. The Bertz CT molecular complexity index is 1340. The van der Waals surface area contributed by atoms with E-state index in [1.165, 1.54) is 23.9 Å².